The largest absolute Gasteiger partial charge is 0.372 e. The summed E-state index contributed by atoms with van der Waals surface area (Å²) in [5.74, 6) is 0. The predicted molar refractivity (Wildman–Crippen MR) is 43.4 cm³/mol. The van der Waals surface area contributed by atoms with Crippen LogP contribution in [0.2, 0.25) is 0 Å². The first kappa shape index (κ1) is 7.56. The molecule has 0 aromatic carbocycles. The summed E-state index contributed by atoms with van der Waals surface area (Å²) in [7, 11) is 0. The monoisotopic (exact) mass is 156 g/mol. The molecule has 64 valence electrons. The Hall–Kier alpha value is -0.0800. The maximum absolute atomic E-state index is 5.66. The van der Waals surface area contributed by atoms with Gasteiger partial charge in [0.25, 0.3) is 0 Å². The lowest BCUT2D eigenvalue weighted by atomic mass is 9.98. The van der Waals surface area contributed by atoms with Gasteiger partial charge in [0.2, 0.25) is 0 Å². The van der Waals surface area contributed by atoms with E-state index in [4.69, 9.17) is 4.74 Å². The Morgan fingerprint density at radius 2 is 2.09 bits per heavy atom. The molecule has 2 heteroatoms. The van der Waals surface area contributed by atoms with Crippen LogP contribution in [0.25, 0.3) is 0 Å². The van der Waals surface area contributed by atoms with Crippen LogP contribution in [0.1, 0.15) is 32.1 Å². The molecular formula is C9H18NO+. The molecule has 2 aliphatic heterocycles. The predicted octanol–water partition coefficient (Wildman–Crippen LogP) is 0.281. The number of rotatable bonds is 1. The van der Waals surface area contributed by atoms with Crippen molar-refractivity contribution in [2.75, 3.05) is 13.2 Å². The molecule has 2 rings (SSSR count). The van der Waals surface area contributed by atoms with Crippen LogP contribution in [-0.2, 0) is 4.74 Å². The maximum atomic E-state index is 5.66. The fraction of sp³-hybridized carbons (Fsp3) is 1.00. The van der Waals surface area contributed by atoms with Gasteiger partial charge in [0, 0.05) is 13.0 Å². The molecule has 2 aliphatic rings. The number of quaternary nitrogens is 1. The van der Waals surface area contributed by atoms with Gasteiger partial charge in [0.15, 0.2) is 0 Å². The van der Waals surface area contributed by atoms with Gasteiger partial charge in [-0.1, -0.05) is 0 Å². The molecule has 0 aromatic heterocycles. The molecule has 2 saturated heterocycles. The van der Waals surface area contributed by atoms with E-state index in [2.05, 4.69) is 5.32 Å². The van der Waals surface area contributed by atoms with E-state index in [1.54, 1.807) is 0 Å². The van der Waals surface area contributed by atoms with E-state index >= 15 is 0 Å². The number of piperidine rings is 1. The van der Waals surface area contributed by atoms with Crippen molar-refractivity contribution < 1.29 is 10.1 Å². The summed E-state index contributed by atoms with van der Waals surface area (Å²) in [5.41, 5.74) is 0. The van der Waals surface area contributed by atoms with Crippen LogP contribution in [0.3, 0.4) is 0 Å². The summed E-state index contributed by atoms with van der Waals surface area (Å²) in [6.45, 7) is 2.33. The fourth-order valence-electron chi connectivity index (χ4n) is 2.25. The van der Waals surface area contributed by atoms with Gasteiger partial charge in [-0.3, -0.25) is 0 Å². The van der Waals surface area contributed by atoms with Gasteiger partial charge < -0.3 is 10.1 Å². The van der Waals surface area contributed by atoms with Crippen molar-refractivity contribution in [1.82, 2.24) is 0 Å². The summed E-state index contributed by atoms with van der Waals surface area (Å²) in [6, 6.07) is 0.797. The van der Waals surface area contributed by atoms with Gasteiger partial charge in [-0.15, -0.1) is 0 Å². The third-order valence-corrected chi connectivity index (χ3v) is 2.90. The van der Waals surface area contributed by atoms with Crippen molar-refractivity contribution in [3.05, 3.63) is 0 Å². The highest BCUT2D eigenvalue weighted by Gasteiger charge is 2.29. The van der Waals surface area contributed by atoms with Gasteiger partial charge in [0.05, 0.1) is 6.54 Å². The minimum atomic E-state index is 0.593. The van der Waals surface area contributed by atoms with E-state index in [0.29, 0.717) is 6.10 Å². The quantitative estimate of drug-likeness (QED) is 0.580. The summed E-state index contributed by atoms with van der Waals surface area (Å²) in [4.78, 5) is 0. The Morgan fingerprint density at radius 1 is 1.09 bits per heavy atom. The van der Waals surface area contributed by atoms with Crippen LogP contribution < -0.4 is 5.32 Å². The van der Waals surface area contributed by atoms with Crippen molar-refractivity contribution in [2.45, 2.75) is 44.2 Å². The Balaban J connectivity index is 1.82. The lowest BCUT2D eigenvalue weighted by Crippen LogP contribution is -2.93. The van der Waals surface area contributed by atoms with E-state index < -0.39 is 0 Å². The van der Waals surface area contributed by atoms with Crippen LogP contribution in [0.5, 0.6) is 0 Å². The Morgan fingerprint density at radius 3 is 2.73 bits per heavy atom. The average molecular weight is 156 g/mol. The molecular weight excluding hydrogens is 138 g/mol. The van der Waals surface area contributed by atoms with E-state index in [-0.39, 0.29) is 0 Å². The van der Waals surface area contributed by atoms with Gasteiger partial charge in [-0.05, 0) is 25.7 Å². The molecule has 0 aromatic rings. The molecule has 0 spiro atoms. The normalized spacial score (nSPS) is 39.3. The summed E-state index contributed by atoms with van der Waals surface area (Å²) < 4.78 is 5.66. The van der Waals surface area contributed by atoms with Crippen molar-refractivity contribution in [2.24, 2.45) is 0 Å². The highest BCUT2D eigenvalue weighted by atomic mass is 16.5. The molecule has 0 bridgehead atoms. The van der Waals surface area contributed by atoms with Crippen molar-refractivity contribution >= 4 is 0 Å². The molecule has 0 aliphatic carbocycles. The minimum absolute atomic E-state index is 0.593. The Labute approximate surface area is 68.3 Å². The molecule has 2 N–H and O–H groups in total. The third-order valence-electron chi connectivity index (χ3n) is 2.90. The molecule has 0 saturated carbocycles. The Kier molecular flexibility index (Phi) is 2.44. The summed E-state index contributed by atoms with van der Waals surface area (Å²) in [5, 5.41) is 2.49. The highest BCUT2D eigenvalue weighted by Crippen LogP contribution is 2.18. The number of ether oxygens (including phenoxy) is 1. The Bertz CT molecular complexity index is 115. The molecule has 2 atom stereocenters. The van der Waals surface area contributed by atoms with Crippen molar-refractivity contribution in [3.63, 3.8) is 0 Å². The highest BCUT2D eigenvalue weighted by molar-refractivity contribution is 4.74. The van der Waals surface area contributed by atoms with Crippen LogP contribution in [0, 0.1) is 0 Å². The number of hydrogen-bond acceptors (Lipinski definition) is 1. The zero-order valence-electron chi connectivity index (χ0n) is 7.09. The average Bonchev–Trinajstić information content (AvgIpc) is 2.58. The van der Waals surface area contributed by atoms with E-state index in [0.717, 1.165) is 12.6 Å². The molecule has 11 heavy (non-hydrogen) atoms. The first-order chi connectivity index (χ1) is 5.47. The van der Waals surface area contributed by atoms with Crippen molar-refractivity contribution in [3.8, 4) is 0 Å². The second-order valence-corrected chi connectivity index (χ2v) is 3.74. The summed E-state index contributed by atoms with van der Waals surface area (Å²) in [6.07, 6.45) is 7.39. The molecule has 0 amide bonds. The zero-order chi connectivity index (χ0) is 7.52. The standard InChI is InChI=1S/C9H17NO/c1-2-6-10-8(4-1)9-5-3-7-11-9/h8-10H,1-7H2/p+1/t8-,9-/m0/s1. The second kappa shape index (κ2) is 3.55. The fourth-order valence-corrected chi connectivity index (χ4v) is 2.25. The lowest BCUT2D eigenvalue weighted by molar-refractivity contribution is -0.704. The van der Waals surface area contributed by atoms with Crippen LogP contribution >= 0.6 is 0 Å². The van der Waals surface area contributed by atoms with Gasteiger partial charge >= 0.3 is 0 Å². The summed E-state index contributed by atoms with van der Waals surface area (Å²) >= 11 is 0. The topological polar surface area (TPSA) is 25.8 Å². The number of nitrogens with two attached hydrogens (primary N) is 1. The molecule has 2 heterocycles. The molecule has 2 fully saturated rings. The molecule has 0 radical (unpaired) electrons. The first-order valence-electron chi connectivity index (χ1n) is 4.92. The second-order valence-electron chi connectivity index (χ2n) is 3.74. The SMILES string of the molecule is C1CC[C@@H]([C@@H]2CCCO2)[NH2+]C1. The minimum Gasteiger partial charge on any atom is -0.372 e. The van der Waals surface area contributed by atoms with Crippen molar-refractivity contribution in [1.29, 1.82) is 0 Å². The van der Waals surface area contributed by atoms with Crippen LogP contribution in [-0.4, -0.2) is 25.3 Å². The third kappa shape index (κ3) is 1.74. The van der Waals surface area contributed by atoms with Crippen LogP contribution in [0.4, 0.5) is 0 Å². The first-order valence-corrected chi connectivity index (χ1v) is 4.92. The lowest BCUT2D eigenvalue weighted by Gasteiger charge is -2.24. The van der Waals surface area contributed by atoms with Gasteiger partial charge in [0.1, 0.15) is 12.1 Å². The van der Waals surface area contributed by atoms with E-state index in [1.807, 2.05) is 0 Å². The molecule has 2 nitrogen and oxygen atoms in total. The van der Waals surface area contributed by atoms with Gasteiger partial charge in [-0.2, -0.15) is 0 Å². The number of hydrogen-bond donors (Lipinski definition) is 1. The smallest absolute Gasteiger partial charge is 0.112 e. The zero-order valence-corrected chi connectivity index (χ0v) is 7.09. The molecule has 0 unspecified atom stereocenters. The van der Waals surface area contributed by atoms with E-state index in [1.165, 1.54) is 38.6 Å². The van der Waals surface area contributed by atoms with Gasteiger partial charge in [-0.25, -0.2) is 0 Å². The van der Waals surface area contributed by atoms with Crippen LogP contribution in [0.15, 0.2) is 0 Å². The maximum Gasteiger partial charge on any atom is 0.112 e. The van der Waals surface area contributed by atoms with E-state index in [9.17, 15) is 0 Å².